The lowest BCUT2D eigenvalue weighted by atomic mass is 10.3. The van der Waals surface area contributed by atoms with E-state index in [1.165, 1.54) is 7.11 Å². The Kier molecular flexibility index (Phi) is 8.97. The van der Waals surface area contributed by atoms with Crippen molar-refractivity contribution in [2.45, 2.75) is 19.0 Å². The average Bonchev–Trinajstić information content (AvgIpc) is 2.22. The van der Waals surface area contributed by atoms with Gasteiger partial charge in [0.2, 0.25) is 5.91 Å². The average molecular weight is 241 g/mol. The van der Waals surface area contributed by atoms with Crippen LogP contribution in [0.2, 0.25) is 0 Å². The Balaban J connectivity index is 3.37. The summed E-state index contributed by atoms with van der Waals surface area (Å²) in [5, 5.41) is 11.6. The second-order valence-electron chi connectivity index (χ2n) is 3.13. The molecule has 0 radical (unpaired) electrons. The quantitative estimate of drug-likeness (QED) is 0.548. The Labute approximate surface area is 92.7 Å². The zero-order chi connectivity index (χ0) is 12.4. The Hall–Kier alpha value is -0.790. The van der Waals surface area contributed by atoms with Gasteiger partial charge in [0.25, 0.3) is 6.43 Å². The van der Waals surface area contributed by atoms with E-state index in [0.29, 0.717) is 0 Å². The largest absolute Gasteiger partial charge is 0.389 e. The Bertz CT molecular complexity index is 192. The number of ether oxygens (including phenoxy) is 2. The summed E-state index contributed by atoms with van der Waals surface area (Å²) in [4.78, 5) is 11.1. The van der Waals surface area contributed by atoms with E-state index in [1.54, 1.807) is 0 Å². The third-order valence-electron chi connectivity index (χ3n) is 1.61. The van der Waals surface area contributed by atoms with E-state index in [9.17, 15) is 18.7 Å². The molecule has 1 amide bonds. The van der Waals surface area contributed by atoms with Crippen LogP contribution in [0.1, 0.15) is 6.42 Å². The number of hydrogen-bond donors (Lipinski definition) is 2. The summed E-state index contributed by atoms with van der Waals surface area (Å²) in [5.41, 5.74) is 0. The number of methoxy groups -OCH3 is 1. The molecule has 0 rings (SSSR count). The van der Waals surface area contributed by atoms with Crippen molar-refractivity contribution in [3.63, 3.8) is 0 Å². The fraction of sp³-hybridized carbons (Fsp3) is 0.889. The first kappa shape index (κ1) is 15.2. The zero-order valence-corrected chi connectivity index (χ0v) is 9.12. The maximum absolute atomic E-state index is 11.6. The Morgan fingerprint density at radius 3 is 2.69 bits per heavy atom. The first-order chi connectivity index (χ1) is 7.56. The van der Waals surface area contributed by atoms with Crippen molar-refractivity contribution in [3.8, 4) is 0 Å². The summed E-state index contributed by atoms with van der Waals surface area (Å²) in [6.07, 6.45) is -3.30. The summed E-state index contributed by atoms with van der Waals surface area (Å²) >= 11 is 0. The molecule has 0 bridgehead atoms. The molecule has 0 saturated heterocycles. The number of aliphatic hydroxyl groups excluding tert-OH is 1. The molecule has 96 valence electrons. The highest BCUT2D eigenvalue weighted by atomic mass is 19.3. The number of alkyl halides is 2. The van der Waals surface area contributed by atoms with E-state index >= 15 is 0 Å². The van der Waals surface area contributed by atoms with E-state index in [4.69, 9.17) is 0 Å². The predicted octanol–water partition coefficient (Wildman–Crippen LogP) is -0.218. The molecule has 0 fully saturated rings. The maximum atomic E-state index is 11.6. The SMILES string of the molecule is COCC(O)CNC(=O)CCOCC(F)F. The van der Waals surface area contributed by atoms with Crippen LogP contribution in [0.15, 0.2) is 0 Å². The molecule has 2 N–H and O–H groups in total. The molecule has 0 aliphatic carbocycles. The molecule has 1 unspecified atom stereocenters. The molecule has 0 aromatic carbocycles. The molecule has 0 aliphatic heterocycles. The molecular weight excluding hydrogens is 224 g/mol. The molecule has 0 aromatic rings. The van der Waals surface area contributed by atoms with Gasteiger partial charge in [0.1, 0.15) is 6.61 Å². The first-order valence-corrected chi connectivity index (χ1v) is 4.85. The Morgan fingerprint density at radius 2 is 2.12 bits per heavy atom. The number of nitrogens with one attached hydrogen (secondary N) is 1. The van der Waals surface area contributed by atoms with Gasteiger partial charge in [-0.2, -0.15) is 0 Å². The van der Waals surface area contributed by atoms with Crippen molar-refractivity contribution in [2.75, 3.05) is 33.5 Å². The van der Waals surface area contributed by atoms with Gasteiger partial charge in [-0.3, -0.25) is 4.79 Å². The maximum Gasteiger partial charge on any atom is 0.261 e. The third kappa shape index (κ3) is 9.75. The molecule has 0 saturated carbocycles. The smallest absolute Gasteiger partial charge is 0.261 e. The third-order valence-corrected chi connectivity index (χ3v) is 1.61. The Morgan fingerprint density at radius 1 is 1.44 bits per heavy atom. The summed E-state index contributed by atoms with van der Waals surface area (Å²) in [7, 11) is 1.43. The van der Waals surface area contributed by atoms with Gasteiger partial charge in [0.05, 0.1) is 19.3 Å². The van der Waals surface area contributed by atoms with Gasteiger partial charge >= 0.3 is 0 Å². The fourth-order valence-electron chi connectivity index (χ4n) is 0.909. The van der Waals surface area contributed by atoms with E-state index in [-0.39, 0.29) is 32.1 Å². The molecule has 1 atom stereocenters. The molecule has 7 heteroatoms. The van der Waals surface area contributed by atoms with Crippen LogP contribution in [0.5, 0.6) is 0 Å². The second-order valence-corrected chi connectivity index (χ2v) is 3.13. The number of amides is 1. The topological polar surface area (TPSA) is 67.8 Å². The van der Waals surface area contributed by atoms with Crippen molar-refractivity contribution in [1.29, 1.82) is 0 Å². The highest BCUT2D eigenvalue weighted by Gasteiger charge is 2.07. The van der Waals surface area contributed by atoms with Gasteiger partial charge in [-0.25, -0.2) is 8.78 Å². The number of hydrogen-bond acceptors (Lipinski definition) is 4. The lowest BCUT2D eigenvalue weighted by Crippen LogP contribution is -2.34. The molecule has 0 heterocycles. The number of carbonyl (C=O) groups excluding carboxylic acids is 1. The highest BCUT2D eigenvalue weighted by Crippen LogP contribution is 1.93. The van der Waals surface area contributed by atoms with Crippen LogP contribution in [0.3, 0.4) is 0 Å². The van der Waals surface area contributed by atoms with Crippen LogP contribution in [0.4, 0.5) is 8.78 Å². The minimum absolute atomic E-state index is 0.00752. The normalized spacial score (nSPS) is 12.8. The van der Waals surface area contributed by atoms with Gasteiger partial charge in [-0.1, -0.05) is 0 Å². The van der Waals surface area contributed by atoms with E-state index < -0.39 is 19.1 Å². The van der Waals surface area contributed by atoms with Gasteiger partial charge in [0.15, 0.2) is 0 Å². The first-order valence-electron chi connectivity index (χ1n) is 4.85. The lowest BCUT2D eigenvalue weighted by molar-refractivity contribution is -0.123. The number of carbonyl (C=O) groups is 1. The standard InChI is InChI=1S/C9H17F2NO4/c1-15-5-7(13)4-12-9(14)2-3-16-6-8(10)11/h7-8,13H,2-6H2,1H3,(H,12,14). The van der Waals surface area contributed by atoms with Crippen molar-refractivity contribution >= 4 is 5.91 Å². The van der Waals surface area contributed by atoms with Crippen molar-refractivity contribution < 1.29 is 28.2 Å². The number of aliphatic hydroxyl groups is 1. The van der Waals surface area contributed by atoms with E-state index in [0.717, 1.165) is 0 Å². The zero-order valence-electron chi connectivity index (χ0n) is 9.12. The fourth-order valence-corrected chi connectivity index (χ4v) is 0.909. The second kappa shape index (κ2) is 9.44. The number of rotatable bonds is 9. The van der Waals surface area contributed by atoms with E-state index in [2.05, 4.69) is 14.8 Å². The predicted molar refractivity (Wildman–Crippen MR) is 52.3 cm³/mol. The van der Waals surface area contributed by atoms with Gasteiger partial charge in [0, 0.05) is 20.1 Å². The lowest BCUT2D eigenvalue weighted by Gasteiger charge is -2.10. The van der Waals surface area contributed by atoms with Gasteiger partial charge in [-0.05, 0) is 0 Å². The summed E-state index contributed by atoms with van der Waals surface area (Å²) < 4.78 is 32.4. The van der Waals surface area contributed by atoms with Gasteiger partial charge < -0.3 is 19.9 Å². The molecule has 0 spiro atoms. The minimum atomic E-state index is -2.52. The minimum Gasteiger partial charge on any atom is -0.389 e. The van der Waals surface area contributed by atoms with Gasteiger partial charge in [-0.15, -0.1) is 0 Å². The van der Waals surface area contributed by atoms with Crippen LogP contribution in [0, 0.1) is 0 Å². The molecule has 0 aromatic heterocycles. The summed E-state index contributed by atoms with van der Waals surface area (Å²) in [6, 6.07) is 0. The highest BCUT2D eigenvalue weighted by molar-refractivity contribution is 5.75. The number of halogens is 2. The van der Waals surface area contributed by atoms with E-state index in [1.807, 2.05) is 0 Å². The van der Waals surface area contributed by atoms with Crippen LogP contribution in [0.25, 0.3) is 0 Å². The van der Waals surface area contributed by atoms with Crippen molar-refractivity contribution in [3.05, 3.63) is 0 Å². The van der Waals surface area contributed by atoms with Crippen LogP contribution < -0.4 is 5.32 Å². The summed E-state index contributed by atoms with van der Waals surface area (Å²) in [6.45, 7) is -0.528. The monoisotopic (exact) mass is 241 g/mol. The molecule has 5 nitrogen and oxygen atoms in total. The summed E-state index contributed by atoms with van der Waals surface area (Å²) in [5.74, 6) is -0.357. The van der Waals surface area contributed by atoms with Crippen molar-refractivity contribution in [2.24, 2.45) is 0 Å². The molecular formula is C9H17F2NO4. The van der Waals surface area contributed by atoms with Crippen molar-refractivity contribution in [1.82, 2.24) is 5.32 Å². The molecule has 16 heavy (non-hydrogen) atoms. The van der Waals surface area contributed by atoms with Crippen LogP contribution >= 0.6 is 0 Å². The van der Waals surface area contributed by atoms with Crippen LogP contribution in [-0.4, -0.2) is 57.0 Å². The molecule has 0 aliphatic rings. The van der Waals surface area contributed by atoms with Crippen LogP contribution in [-0.2, 0) is 14.3 Å².